The van der Waals surface area contributed by atoms with Gasteiger partial charge in [0.1, 0.15) is 11.5 Å². The number of esters is 2. The molecule has 5 rings (SSSR count). The fraction of sp³-hybridized carbons (Fsp3) is 0.231. The van der Waals surface area contributed by atoms with Gasteiger partial charge in [0.25, 0.3) is 0 Å². The third-order valence-electron chi connectivity index (χ3n) is 7.50. The lowest BCUT2D eigenvalue weighted by Crippen LogP contribution is -2.09. The van der Waals surface area contributed by atoms with Crippen molar-refractivity contribution in [2.75, 3.05) is 18.6 Å². The summed E-state index contributed by atoms with van der Waals surface area (Å²) in [6.45, 7) is 6.51. The van der Waals surface area contributed by atoms with Gasteiger partial charge >= 0.3 is 11.9 Å². The summed E-state index contributed by atoms with van der Waals surface area (Å²) in [7, 11) is 0. The molecule has 0 bridgehead atoms. The van der Waals surface area contributed by atoms with Gasteiger partial charge in [0.2, 0.25) is 5.13 Å². The summed E-state index contributed by atoms with van der Waals surface area (Å²) >= 11 is 1.53. The highest BCUT2D eigenvalue weighted by Crippen LogP contribution is 2.29. The standard InChI is InChI=1S/C39H39N3O5S/c1-3-11-28-14-16-29(17-15-28)34-23-22-33(26-31(34)27-40-42-39-41-35-12-7-8-13-36(35)48-39)47-38(44)30-18-20-32(21-19-30)45-24-9-5-6-10-25-46-37(43)4-2/h4,7-8,12-23,26-27H,2-3,5-6,9-11,24-25H2,1H3,(H,41,42)/b40-27+. The Hall–Kier alpha value is -5.28. The van der Waals surface area contributed by atoms with Gasteiger partial charge in [0.15, 0.2) is 0 Å². The van der Waals surface area contributed by atoms with Crippen molar-refractivity contribution in [2.45, 2.75) is 45.4 Å². The lowest BCUT2D eigenvalue weighted by atomic mass is 9.98. The minimum atomic E-state index is -0.467. The van der Waals surface area contributed by atoms with E-state index in [9.17, 15) is 9.59 Å². The van der Waals surface area contributed by atoms with E-state index in [2.05, 4.69) is 53.3 Å². The first kappa shape index (κ1) is 34.1. The zero-order valence-electron chi connectivity index (χ0n) is 27.0. The molecule has 0 radical (unpaired) electrons. The van der Waals surface area contributed by atoms with Crippen LogP contribution in [0.15, 0.2) is 109 Å². The summed E-state index contributed by atoms with van der Waals surface area (Å²) in [6, 6.07) is 28.9. The van der Waals surface area contributed by atoms with Crippen molar-refractivity contribution < 1.29 is 23.8 Å². The number of fused-ring (bicyclic) bond motifs is 1. The van der Waals surface area contributed by atoms with Crippen molar-refractivity contribution in [3.8, 4) is 22.6 Å². The molecule has 1 N–H and O–H groups in total. The molecule has 0 spiro atoms. The smallest absolute Gasteiger partial charge is 0.343 e. The summed E-state index contributed by atoms with van der Waals surface area (Å²) < 4.78 is 17.7. The summed E-state index contributed by atoms with van der Waals surface area (Å²) in [5, 5.41) is 5.18. The van der Waals surface area contributed by atoms with Crippen molar-refractivity contribution >= 4 is 44.8 Å². The average Bonchev–Trinajstić information content (AvgIpc) is 3.53. The minimum Gasteiger partial charge on any atom is -0.494 e. The van der Waals surface area contributed by atoms with Gasteiger partial charge < -0.3 is 14.2 Å². The van der Waals surface area contributed by atoms with E-state index in [1.165, 1.54) is 23.0 Å². The number of nitrogens with zero attached hydrogens (tertiary/aromatic N) is 2. The van der Waals surface area contributed by atoms with Crippen LogP contribution in [0.3, 0.4) is 0 Å². The van der Waals surface area contributed by atoms with Gasteiger partial charge in [-0.3, -0.25) is 5.43 Å². The van der Waals surface area contributed by atoms with Gasteiger partial charge in [-0.05, 0) is 97.3 Å². The molecule has 1 heterocycles. The number of hydrazone groups is 1. The number of benzene rings is 4. The molecule has 4 aromatic carbocycles. The van der Waals surface area contributed by atoms with Crippen LogP contribution in [0.4, 0.5) is 5.13 Å². The highest BCUT2D eigenvalue weighted by atomic mass is 32.1. The Labute approximate surface area is 285 Å². The number of nitrogens with one attached hydrogen (secondary N) is 1. The number of hydrogen-bond donors (Lipinski definition) is 1. The zero-order chi connectivity index (χ0) is 33.6. The fourth-order valence-corrected chi connectivity index (χ4v) is 5.84. The fourth-order valence-electron chi connectivity index (χ4n) is 5.02. The van der Waals surface area contributed by atoms with Gasteiger partial charge in [-0.2, -0.15) is 5.10 Å². The van der Waals surface area contributed by atoms with Gasteiger partial charge in [-0.25, -0.2) is 14.6 Å². The van der Waals surface area contributed by atoms with Crippen LogP contribution in [0, 0.1) is 0 Å². The van der Waals surface area contributed by atoms with E-state index in [1.54, 1.807) is 36.5 Å². The summed E-state index contributed by atoms with van der Waals surface area (Å²) in [5.41, 5.74) is 8.47. The van der Waals surface area contributed by atoms with Gasteiger partial charge in [0.05, 0.1) is 35.2 Å². The highest BCUT2D eigenvalue weighted by Gasteiger charge is 2.12. The second-order valence-electron chi connectivity index (χ2n) is 11.1. The van der Waals surface area contributed by atoms with Crippen LogP contribution in [0.1, 0.15) is 60.5 Å². The molecule has 0 amide bonds. The second-order valence-corrected chi connectivity index (χ2v) is 12.1. The Morgan fingerprint density at radius 3 is 2.40 bits per heavy atom. The predicted molar refractivity (Wildman–Crippen MR) is 193 cm³/mol. The monoisotopic (exact) mass is 661 g/mol. The number of hydrogen-bond acceptors (Lipinski definition) is 9. The van der Waals surface area contributed by atoms with E-state index < -0.39 is 11.9 Å². The molecule has 0 aliphatic heterocycles. The largest absolute Gasteiger partial charge is 0.494 e. The van der Waals surface area contributed by atoms with E-state index in [0.717, 1.165) is 65.4 Å². The quantitative estimate of drug-likeness (QED) is 0.0265. The number of thiazole rings is 1. The van der Waals surface area contributed by atoms with Gasteiger partial charge in [-0.15, -0.1) is 0 Å². The summed E-state index contributed by atoms with van der Waals surface area (Å²) in [6.07, 6.45) is 8.59. The van der Waals surface area contributed by atoms with Gasteiger partial charge in [0, 0.05) is 11.6 Å². The number of aryl methyl sites for hydroxylation is 1. The van der Waals surface area contributed by atoms with E-state index in [4.69, 9.17) is 14.2 Å². The first-order valence-electron chi connectivity index (χ1n) is 16.1. The normalized spacial score (nSPS) is 11.0. The van der Waals surface area contributed by atoms with Crippen LogP contribution in [0.25, 0.3) is 21.3 Å². The Balaban J connectivity index is 1.20. The molecular formula is C39H39N3O5S. The summed E-state index contributed by atoms with van der Waals surface area (Å²) in [5.74, 6) is 0.231. The maximum atomic E-state index is 13.1. The first-order chi connectivity index (χ1) is 23.5. The highest BCUT2D eigenvalue weighted by molar-refractivity contribution is 7.22. The lowest BCUT2D eigenvalue weighted by molar-refractivity contribution is -0.137. The number of ether oxygens (including phenoxy) is 3. The summed E-state index contributed by atoms with van der Waals surface area (Å²) in [4.78, 5) is 28.7. The molecular weight excluding hydrogens is 623 g/mol. The van der Waals surface area contributed by atoms with Crippen molar-refractivity contribution in [3.05, 3.63) is 120 Å². The molecule has 0 aliphatic carbocycles. The van der Waals surface area contributed by atoms with E-state index in [1.807, 2.05) is 36.4 Å². The number of unbranched alkanes of at least 4 members (excludes halogenated alkanes) is 3. The van der Waals surface area contributed by atoms with Crippen molar-refractivity contribution in [1.29, 1.82) is 0 Å². The van der Waals surface area contributed by atoms with Crippen LogP contribution in [0.5, 0.6) is 11.5 Å². The Morgan fingerprint density at radius 1 is 0.896 bits per heavy atom. The van der Waals surface area contributed by atoms with Crippen LogP contribution < -0.4 is 14.9 Å². The molecule has 0 unspecified atom stereocenters. The molecule has 0 saturated carbocycles. The number of para-hydroxylation sites is 1. The Bertz CT molecular complexity index is 1820. The van der Waals surface area contributed by atoms with Crippen LogP contribution in [-0.2, 0) is 16.0 Å². The maximum Gasteiger partial charge on any atom is 0.343 e. The molecule has 0 fully saturated rings. The molecule has 48 heavy (non-hydrogen) atoms. The number of carbonyl (C=O) groups is 2. The van der Waals surface area contributed by atoms with E-state index >= 15 is 0 Å². The lowest BCUT2D eigenvalue weighted by Gasteiger charge is -2.11. The zero-order valence-corrected chi connectivity index (χ0v) is 27.8. The Kier molecular flexibility index (Phi) is 12.5. The molecule has 9 heteroatoms. The third kappa shape index (κ3) is 9.86. The molecule has 0 atom stereocenters. The molecule has 246 valence electrons. The minimum absolute atomic E-state index is 0.392. The number of carbonyl (C=O) groups excluding carboxylic acids is 2. The third-order valence-corrected chi connectivity index (χ3v) is 8.44. The van der Waals surface area contributed by atoms with E-state index in [0.29, 0.717) is 35.4 Å². The topological polar surface area (TPSA) is 99.1 Å². The predicted octanol–water partition coefficient (Wildman–Crippen LogP) is 9.25. The first-order valence-corrected chi connectivity index (χ1v) is 17.0. The maximum absolute atomic E-state index is 13.1. The average molecular weight is 662 g/mol. The van der Waals surface area contributed by atoms with Crippen molar-refractivity contribution in [3.63, 3.8) is 0 Å². The van der Waals surface area contributed by atoms with Gasteiger partial charge in [-0.1, -0.05) is 73.7 Å². The molecule has 1 aromatic heterocycles. The van der Waals surface area contributed by atoms with Crippen LogP contribution in [-0.4, -0.2) is 36.4 Å². The Morgan fingerprint density at radius 2 is 1.65 bits per heavy atom. The van der Waals surface area contributed by atoms with E-state index in [-0.39, 0.29) is 0 Å². The molecule has 8 nitrogen and oxygen atoms in total. The van der Waals surface area contributed by atoms with Crippen molar-refractivity contribution in [1.82, 2.24) is 4.98 Å². The molecule has 5 aromatic rings. The van der Waals surface area contributed by atoms with Crippen LogP contribution >= 0.6 is 11.3 Å². The molecule has 0 aliphatic rings. The molecule has 0 saturated heterocycles. The number of anilines is 1. The number of aromatic nitrogens is 1. The SMILES string of the molecule is C=CC(=O)OCCCCCCOc1ccc(C(=O)Oc2ccc(-c3ccc(CCC)cc3)c(/C=N/Nc3nc4ccccc4s3)c2)cc1. The second kappa shape index (κ2) is 17.6. The van der Waals surface area contributed by atoms with Crippen LogP contribution in [0.2, 0.25) is 0 Å². The van der Waals surface area contributed by atoms with Crippen molar-refractivity contribution in [2.24, 2.45) is 5.10 Å². The number of rotatable bonds is 17.